The number of nitrogens with zero attached hydrogens (tertiary/aromatic N) is 3. The van der Waals surface area contributed by atoms with E-state index in [1.807, 2.05) is 11.6 Å². The lowest BCUT2D eigenvalue weighted by molar-refractivity contribution is -0.319. The summed E-state index contributed by atoms with van der Waals surface area (Å²) in [4.78, 5) is 0. The van der Waals surface area contributed by atoms with Crippen LogP contribution in [0, 0.1) is 5.41 Å². The van der Waals surface area contributed by atoms with Gasteiger partial charge in [-0.1, -0.05) is 28.1 Å². The van der Waals surface area contributed by atoms with Crippen LogP contribution in [-0.2, 0) is 21.9 Å². The highest BCUT2D eigenvalue weighted by atomic mass is 79.9. The Morgan fingerprint density at radius 2 is 1.83 bits per heavy atom. The lowest BCUT2D eigenvalue weighted by Gasteiger charge is -2.65. The van der Waals surface area contributed by atoms with Gasteiger partial charge in [0.1, 0.15) is 12.2 Å². The van der Waals surface area contributed by atoms with Crippen LogP contribution in [-0.4, -0.2) is 34.8 Å². The fourth-order valence-electron chi connectivity index (χ4n) is 4.94. The fraction of sp³-hybridized carbons (Fsp3) is 0.556. The van der Waals surface area contributed by atoms with E-state index in [0.717, 1.165) is 36.0 Å². The zero-order valence-corrected chi connectivity index (χ0v) is 15.8. The average molecular weight is 392 g/mol. The lowest BCUT2D eigenvalue weighted by Crippen LogP contribution is -2.64. The van der Waals surface area contributed by atoms with Gasteiger partial charge in [0.15, 0.2) is 5.79 Å². The van der Waals surface area contributed by atoms with Crippen LogP contribution in [0.15, 0.2) is 35.1 Å². The van der Waals surface area contributed by atoms with Gasteiger partial charge in [-0.3, -0.25) is 0 Å². The molecule has 0 amide bonds. The molecular weight excluding hydrogens is 370 g/mol. The molecule has 0 bridgehead atoms. The minimum atomic E-state index is -0.399. The van der Waals surface area contributed by atoms with Crippen molar-refractivity contribution in [1.82, 2.24) is 14.8 Å². The molecule has 1 spiro atoms. The highest BCUT2D eigenvalue weighted by Crippen LogP contribution is 2.70. The number of rotatable bonds is 4. The molecule has 2 aliphatic rings. The Balaban J connectivity index is 1.68. The number of benzene rings is 1. The van der Waals surface area contributed by atoms with E-state index in [9.17, 15) is 0 Å². The van der Waals surface area contributed by atoms with Crippen LogP contribution in [0.3, 0.4) is 0 Å². The molecule has 2 aromatic rings. The molecule has 0 radical (unpaired) electrons. The van der Waals surface area contributed by atoms with Crippen molar-refractivity contribution < 1.29 is 9.47 Å². The van der Waals surface area contributed by atoms with Crippen molar-refractivity contribution in [2.45, 2.75) is 36.9 Å². The lowest BCUT2D eigenvalue weighted by atomic mass is 9.42. The van der Waals surface area contributed by atoms with E-state index >= 15 is 0 Å². The summed E-state index contributed by atoms with van der Waals surface area (Å²) in [5.74, 6) is 0.641. The van der Waals surface area contributed by atoms with Gasteiger partial charge in [-0.05, 0) is 36.0 Å². The third-order valence-electron chi connectivity index (χ3n) is 5.90. The Labute approximate surface area is 150 Å². The second kappa shape index (κ2) is 5.38. The quantitative estimate of drug-likeness (QED) is 0.749. The van der Waals surface area contributed by atoms with Crippen LogP contribution >= 0.6 is 15.9 Å². The summed E-state index contributed by atoms with van der Waals surface area (Å²) >= 11 is 3.61. The zero-order valence-electron chi connectivity index (χ0n) is 14.3. The van der Waals surface area contributed by atoms with Crippen LogP contribution in [0.4, 0.5) is 0 Å². The second-order valence-corrected chi connectivity index (χ2v) is 8.30. The molecular formula is C18H22BrN3O2. The topological polar surface area (TPSA) is 49.2 Å². The van der Waals surface area contributed by atoms with Gasteiger partial charge in [0, 0.05) is 38.6 Å². The summed E-state index contributed by atoms with van der Waals surface area (Å²) in [6.45, 7) is 0. The number of hydrogen-bond acceptors (Lipinski definition) is 4. The van der Waals surface area contributed by atoms with Gasteiger partial charge >= 0.3 is 0 Å². The van der Waals surface area contributed by atoms with Gasteiger partial charge in [-0.15, -0.1) is 10.2 Å². The third kappa shape index (κ3) is 2.20. The number of aromatic nitrogens is 3. The number of halogens is 1. The number of methoxy groups -OCH3 is 2. The molecule has 1 heterocycles. The van der Waals surface area contributed by atoms with Crippen molar-refractivity contribution in [3.05, 3.63) is 46.5 Å². The molecule has 1 aromatic heterocycles. The zero-order chi connectivity index (χ0) is 17.0. The van der Waals surface area contributed by atoms with Gasteiger partial charge in [0.25, 0.3) is 0 Å². The van der Waals surface area contributed by atoms with Crippen molar-refractivity contribution in [3.8, 4) is 0 Å². The molecule has 0 atom stereocenters. The molecule has 5 nitrogen and oxygen atoms in total. The molecule has 0 unspecified atom stereocenters. The van der Waals surface area contributed by atoms with Crippen LogP contribution in [0.5, 0.6) is 0 Å². The van der Waals surface area contributed by atoms with E-state index < -0.39 is 5.79 Å². The summed E-state index contributed by atoms with van der Waals surface area (Å²) in [6, 6.07) is 8.56. The SMILES string of the molecule is COC1(OC)CC2(C1)CC(c1cccc(Br)c1)(c1nncn1C)C2. The third-order valence-corrected chi connectivity index (χ3v) is 6.40. The Bertz CT molecular complexity index is 753. The molecule has 0 N–H and O–H groups in total. The highest BCUT2D eigenvalue weighted by molar-refractivity contribution is 9.10. The molecule has 2 fully saturated rings. The second-order valence-electron chi connectivity index (χ2n) is 7.38. The predicted molar refractivity (Wildman–Crippen MR) is 93.6 cm³/mol. The van der Waals surface area contributed by atoms with Crippen LogP contribution < -0.4 is 0 Å². The minimum absolute atomic E-state index is 0.0807. The van der Waals surface area contributed by atoms with E-state index in [-0.39, 0.29) is 10.8 Å². The average Bonchev–Trinajstić information content (AvgIpc) is 2.93. The van der Waals surface area contributed by atoms with Crippen molar-refractivity contribution in [1.29, 1.82) is 0 Å². The van der Waals surface area contributed by atoms with E-state index in [2.05, 4.69) is 50.4 Å². The van der Waals surface area contributed by atoms with Crippen LogP contribution in [0.2, 0.25) is 0 Å². The number of hydrogen-bond donors (Lipinski definition) is 0. The molecule has 2 saturated carbocycles. The van der Waals surface area contributed by atoms with Crippen molar-refractivity contribution in [2.24, 2.45) is 12.5 Å². The summed E-state index contributed by atoms with van der Waals surface area (Å²) in [5, 5.41) is 8.57. The van der Waals surface area contributed by atoms with Gasteiger partial charge in [0.05, 0.1) is 5.41 Å². The predicted octanol–water partition coefficient (Wildman–Crippen LogP) is 3.43. The van der Waals surface area contributed by atoms with E-state index in [1.54, 1.807) is 20.5 Å². The standard InChI is InChI=1S/C18H22BrN3O2/c1-22-12-20-21-15(22)17(13-5-4-6-14(19)7-13)8-16(9-17)10-18(11-16,23-2)24-3/h4-7,12H,8-11H2,1-3H3. The highest BCUT2D eigenvalue weighted by Gasteiger charge is 2.68. The Morgan fingerprint density at radius 1 is 1.12 bits per heavy atom. The van der Waals surface area contributed by atoms with Crippen molar-refractivity contribution in [3.63, 3.8) is 0 Å². The minimum Gasteiger partial charge on any atom is -0.353 e. The number of aryl methyl sites for hydroxylation is 1. The van der Waals surface area contributed by atoms with Crippen LogP contribution in [0.25, 0.3) is 0 Å². The van der Waals surface area contributed by atoms with Crippen molar-refractivity contribution >= 4 is 15.9 Å². The first-order chi connectivity index (χ1) is 11.5. The molecule has 4 rings (SSSR count). The van der Waals surface area contributed by atoms with Crippen LogP contribution in [0.1, 0.15) is 37.1 Å². The smallest absolute Gasteiger partial charge is 0.168 e. The van der Waals surface area contributed by atoms with E-state index in [4.69, 9.17) is 9.47 Å². The summed E-state index contributed by atoms with van der Waals surface area (Å²) in [7, 11) is 5.49. The van der Waals surface area contributed by atoms with Gasteiger partial charge in [-0.2, -0.15) is 0 Å². The van der Waals surface area contributed by atoms with Gasteiger partial charge in [-0.25, -0.2) is 0 Å². The normalized spacial score (nSPS) is 22.8. The monoisotopic (exact) mass is 391 g/mol. The summed E-state index contributed by atoms with van der Waals surface area (Å²) in [5.41, 5.74) is 1.49. The largest absolute Gasteiger partial charge is 0.353 e. The number of ether oxygens (including phenoxy) is 2. The molecule has 6 heteroatoms. The summed E-state index contributed by atoms with van der Waals surface area (Å²) < 4.78 is 14.3. The molecule has 128 valence electrons. The first-order valence-electron chi connectivity index (χ1n) is 8.17. The molecule has 0 saturated heterocycles. The summed E-state index contributed by atoms with van der Waals surface area (Å²) in [6.07, 6.45) is 5.78. The first-order valence-corrected chi connectivity index (χ1v) is 8.97. The maximum Gasteiger partial charge on any atom is 0.168 e. The molecule has 2 aliphatic carbocycles. The van der Waals surface area contributed by atoms with Crippen molar-refractivity contribution in [2.75, 3.05) is 14.2 Å². The Kier molecular flexibility index (Phi) is 3.64. The Morgan fingerprint density at radius 3 is 2.38 bits per heavy atom. The van der Waals surface area contributed by atoms with Gasteiger partial charge < -0.3 is 14.0 Å². The fourth-order valence-corrected chi connectivity index (χ4v) is 5.33. The molecule has 24 heavy (non-hydrogen) atoms. The van der Waals surface area contributed by atoms with E-state index in [1.165, 1.54) is 5.56 Å². The molecule has 1 aromatic carbocycles. The maximum atomic E-state index is 5.60. The van der Waals surface area contributed by atoms with E-state index in [0.29, 0.717) is 0 Å². The Hall–Kier alpha value is -1.24. The first kappa shape index (κ1) is 16.2. The molecule has 0 aliphatic heterocycles. The van der Waals surface area contributed by atoms with Gasteiger partial charge in [0.2, 0.25) is 0 Å². The maximum absolute atomic E-state index is 5.60.